The van der Waals surface area contributed by atoms with Crippen LogP contribution >= 0.6 is 0 Å². The van der Waals surface area contributed by atoms with Crippen LogP contribution in [-0.4, -0.2) is 43.1 Å². The van der Waals surface area contributed by atoms with Gasteiger partial charge in [-0.05, 0) is 54.8 Å². The maximum atomic E-state index is 12.7. The summed E-state index contributed by atoms with van der Waals surface area (Å²) in [5, 5.41) is 4.15. The summed E-state index contributed by atoms with van der Waals surface area (Å²) in [6.07, 6.45) is 2.79. The minimum absolute atomic E-state index is 0.0309. The lowest BCUT2D eigenvalue weighted by atomic mass is 9.95. The molecule has 0 aliphatic carbocycles. The number of likely N-dealkylation sites (tertiary alicyclic amines) is 1. The molecule has 1 N–H and O–H groups in total. The number of carbonyl (C=O) groups excluding carboxylic acids is 2. The Balaban J connectivity index is 1.26. The monoisotopic (exact) mass is 471 g/mol. The van der Waals surface area contributed by atoms with E-state index in [1.807, 2.05) is 54.6 Å². The van der Waals surface area contributed by atoms with Crippen molar-refractivity contribution in [3.05, 3.63) is 95.6 Å². The number of hydrogen-bond donors (Lipinski definition) is 1. The highest BCUT2D eigenvalue weighted by molar-refractivity contribution is 5.94. The average Bonchev–Trinajstić information content (AvgIpc) is 2.92. The van der Waals surface area contributed by atoms with Gasteiger partial charge in [0, 0.05) is 30.1 Å². The summed E-state index contributed by atoms with van der Waals surface area (Å²) in [4.78, 5) is 27.1. The Morgan fingerprint density at radius 1 is 0.971 bits per heavy atom. The second-order valence-corrected chi connectivity index (χ2v) is 8.34. The standard InChI is InChI=1S/C28H29N3O4/c1-34-25-13-11-23(12-14-25)28(33)31-17-15-22(16-18-31)27(32)30-29-19-24-9-5-6-10-26(24)35-20-21-7-3-2-4-8-21/h2-14,19,22H,15-18,20H2,1H3,(H,30,32)/b29-19-. The number of hydrazone groups is 1. The first-order valence-corrected chi connectivity index (χ1v) is 11.7. The number of nitrogens with one attached hydrogen (secondary N) is 1. The fraction of sp³-hybridized carbons (Fsp3) is 0.250. The molecule has 0 aromatic heterocycles. The average molecular weight is 472 g/mol. The molecule has 7 nitrogen and oxygen atoms in total. The second-order valence-electron chi connectivity index (χ2n) is 8.34. The third-order valence-electron chi connectivity index (χ3n) is 6.02. The molecule has 1 aliphatic rings. The molecule has 0 bridgehead atoms. The Morgan fingerprint density at radius 2 is 1.66 bits per heavy atom. The third-order valence-corrected chi connectivity index (χ3v) is 6.02. The smallest absolute Gasteiger partial charge is 0.253 e. The van der Waals surface area contributed by atoms with E-state index in [2.05, 4.69) is 10.5 Å². The van der Waals surface area contributed by atoms with Gasteiger partial charge in [-0.15, -0.1) is 0 Å². The van der Waals surface area contributed by atoms with E-state index in [-0.39, 0.29) is 17.7 Å². The van der Waals surface area contributed by atoms with Crippen molar-refractivity contribution >= 4 is 18.0 Å². The number of rotatable bonds is 8. The van der Waals surface area contributed by atoms with Gasteiger partial charge in [0.05, 0.1) is 13.3 Å². The molecule has 180 valence electrons. The third kappa shape index (κ3) is 6.47. The first kappa shape index (κ1) is 24.0. The van der Waals surface area contributed by atoms with Gasteiger partial charge in [-0.3, -0.25) is 9.59 Å². The van der Waals surface area contributed by atoms with Crippen molar-refractivity contribution in [2.24, 2.45) is 11.0 Å². The summed E-state index contributed by atoms with van der Waals surface area (Å²) in [5.41, 5.74) is 5.12. The topological polar surface area (TPSA) is 80.2 Å². The van der Waals surface area contributed by atoms with Crippen LogP contribution in [0.2, 0.25) is 0 Å². The largest absolute Gasteiger partial charge is 0.497 e. The van der Waals surface area contributed by atoms with E-state index in [1.54, 1.807) is 42.5 Å². The lowest BCUT2D eigenvalue weighted by molar-refractivity contribution is -0.126. The highest BCUT2D eigenvalue weighted by atomic mass is 16.5. The summed E-state index contributed by atoms with van der Waals surface area (Å²) in [7, 11) is 1.59. The van der Waals surface area contributed by atoms with Crippen LogP contribution in [0.25, 0.3) is 0 Å². The van der Waals surface area contributed by atoms with Gasteiger partial charge in [-0.2, -0.15) is 5.10 Å². The van der Waals surface area contributed by atoms with E-state index in [0.717, 1.165) is 11.1 Å². The minimum atomic E-state index is -0.184. The summed E-state index contributed by atoms with van der Waals surface area (Å²) in [5.74, 6) is 1.05. The van der Waals surface area contributed by atoms with Crippen molar-refractivity contribution in [2.45, 2.75) is 19.4 Å². The van der Waals surface area contributed by atoms with Crippen LogP contribution in [0.1, 0.15) is 34.3 Å². The Labute approximate surface area is 205 Å². The van der Waals surface area contributed by atoms with E-state index >= 15 is 0 Å². The van der Waals surface area contributed by atoms with Crippen molar-refractivity contribution in [1.29, 1.82) is 0 Å². The quantitative estimate of drug-likeness (QED) is 0.393. The maximum absolute atomic E-state index is 12.7. The summed E-state index contributed by atoms with van der Waals surface area (Å²) < 4.78 is 11.1. The Kier molecular flexibility index (Phi) is 8.12. The van der Waals surface area contributed by atoms with Crippen molar-refractivity contribution < 1.29 is 19.1 Å². The normalized spacial score (nSPS) is 14.0. The Morgan fingerprint density at radius 3 is 2.37 bits per heavy atom. The number of ether oxygens (including phenoxy) is 2. The summed E-state index contributed by atoms with van der Waals surface area (Å²) in [6.45, 7) is 1.51. The zero-order chi connectivity index (χ0) is 24.5. The minimum Gasteiger partial charge on any atom is -0.497 e. The van der Waals surface area contributed by atoms with Crippen molar-refractivity contribution in [3.63, 3.8) is 0 Å². The van der Waals surface area contributed by atoms with E-state index < -0.39 is 0 Å². The number of amides is 2. The van der Waals surface area contributed by atoms with Gasteiger partial charge >= 0.3 is 0 Å². The first-order chi connectivity index (χ1) is 17.1. The van der Waals surface area contributed by atoms with Crippen LogP contribution in [0.5, 0.6) is 11.5 Å². The molecule has 0 radical (unpaired) electrons. The van der Waals surface area contributed by atoms with Crippen molar-refractivity contribution in [3.8, 4) is 11.5 Å². The molecule has 2 amide bonds. The number of piperidine rings is 1. The predicted molar refractivity (Wildman–Crippen MR) is 135 cm³/mol. The van der Waals surface area contributed by atoms with Crippen LogP contribution in [0, 0.1) is 5.92 Å². The van der Waals surface area contributed by atoms with Crippen molar-refractivity contribution in [1.82, 2.24) is 10.3 Å². The fourth-order valence-electron chi connectivity index (χ4n) is 3.97. The van der Waals surface area contributed by atoms with Crippen LogP contribution in [-0.2, 0) is 11.4 Å². The SMILES string of the molecule is COc1ccc(C(=O)N2CCC(C(=O)N/N=C\c3ccccc3OCc3ccccc3)CC2)cc1. The zero-order valence-electron chi connectivity index (χ0n) is 19.7. The summed E-state index contributed by atoms with van der Waals surface area (Å²) >= 11 is 0. The molecule has 0 spiro atoms. The molecule has 0 saturated carbocycles. The molecule has 3 aromatic carbocycles. The van der Waals surface area contributed by atoms with Gasteiger partial charge in [0.25, 0.3) is 5.91 Å². The van der Waals surface area contributed by atoms with Gasteiger partial charge in [0.2, 0.25) is 5.91 Å². The van der Waals surface area contributed by atoms with Gasteiger partial charge in [0.15, 0.2) is 0 Å². The maximum Gasteiger partial charge on any atom is 0.253 e. The van der Waals surface area contributed by atoms with Gasteiger partial charge in [-0.25, -0.2) is 5.43 Å². The molecule has 7 heteroatoms. The molecule has 1 saturated heterocycles. The van der Waals surface area contributed by atoms with Gasteiger partial charge in [-0.1, -0.05) is 42.5 Å². The van der Waals surface area contributed by atoms with Gasteiger partial charge in [0.1, 0.15) is 18.1 Å². The van der Waals surface area contributed by atoms with E-state index in [1.165, 1.54) is 0 Å². The van der Waals surface area contributed by atoms with Crippen molar-refractivity contribution in [2.75, 3.05) is 20.2 Å². The van der Waals surface area contributed by atoms with Crippen LogP contribution in [0.4, 0.5) is 0 Å². The summed E-state index contributed by atoms with van der Waals surface area (Å²) in [6, 6.07) is 24.6. The number of benzene rings is 3. The second kappa shape index (κ2) is 11.8. The first-order valence-electron chi connectivity index (χ1n) is 11.7. The Bertz CT molecular complexity index is 1150. The molecular weight excluding hydrogens is 442 g/mol. The van der Waals surface area contributed by atoms with Crippen LogP contribution in [0.15, 0.2) is 84.0 Å². The predicted octanol–water partition coefficient (Wildman–Crippen LogP) is 4.28. The van der Waals surface area contributed by atoms with E-state index in [9.17, 15) is 9.59 Å². The van der Waals surface area contributed by atoms with Crippen LogP contribution in [0.3, 0.4) is 0 Å². The zero-order valence-corrected chi connectivity index (χ0v) is 19.7. The number of methoxy groups -OCH3 is 1. The molecule has 1 aliphatic heterocycles. The Hall–Kier alpha value is -4.13. The molecule has 3 aromatic rings. The number of carbonyl (C=O) groups is 2. The molecule has 1 fully saturated rings. The van der Waals surface area contributed by atoms with E-state index in [4.69, 9.17) is 9.47 Å². The highest BCUT2D eigenvalue weighted by Crippen LogP contribution is 2.21. The molecule has 4 rings (SSSR count). The van der Waals surface area contributed by atoms with E-state index in [0.29, 0.717) is 49.6 Å². The van der Waals surface area contributed by atoms with Crippen LogP contribution < -0.4 is 14.9 Å². The fourth-order valence-corrected chi connectivity index (χ4v) is 3.97. The molecule has 35 heavy (non-hydrogen) atoms. The lowest BCUT2D eigenvalue weighted by Crippen LogP contribution is -2.42. The highest BCUT2D eigenvalue weighted by Gasteiger charge is 2.27. The van der Waals surface area contributed by atoms with Gasteiger partial charge < -0.3 is 14.4 Å². The number of para-hydroxylation sites is 1. The number of nitrogens with zero attached hydrogens (tertiary/aromatic N) is 2. The molecule has 1 heterocycles. The lowest BCUT2D eigenvalue weighted by Gasteiger charge is -2.31. The number of hydrogen-bond acceptors (Lipinski definition) is 5. The molecule has 0 atom stereocenters. The molecular formula is C28H29N3O4. The molecule has 0 unspecified atom stereocenters.